The Labute approximate surface area is 138 Å². The number of aromatic nitrogens is 4. The van der Waals surface area contributed by atoms with Crippen molar-refractivity contribution in [1.29, 1.82) is 0 Å². The fourth-order valence-corrected chi connectivity index (χ4v) is 3.30. The Kier molecular flexibility index (Phi) is 3.19. The number of fused-ring (bicyclic) bond motifs is 1. The maximum absolute atomic E-state index is 12.1. The molecular weight excluding hydrogens is 310 g/mol. The van der Waals surface area contributed by atoms with Gasteiger partial charge in [0.1, 0.15) is 12.1 Å². The molecule has 2 aliphatic rings. The highest BCUT2D eigenvalue weighted by atomic mass is 16.2. The van der Waals surface area contributed by atoms with Crippen LogP contribution in [0.25, 0.3) is 5.78 Å². The average Bonchev–Trinajstić information content (AvgIpc) is 3.12. The van der Waals surface area contributed by atoms with Gasteiger partial charge >= 0.3 is 6.03 Å². The number of rotatable bonds is 2. The number of hydrogen-bond acceptors (Lipinski definition) is 6. The van der Waals surface area contributed by atoms with Gasteiger partial charge in [0.05, 0.1) is 11.6 Å². The van der Waals surface area contributed by atoms with Gasteiger partial charge in [-0.05, 0) is 11.8 Å². The minimum absolute atomic E-state index is 0.229. The molecule has 4 rings (SSSR count). The molecule has 2 fully saturated rings. The predicted molar refractivity (Wildman–Crippen MR) is 85.7 cm³/mol. The molecule has 2 N–H and O–H groups in total. The van der Waals surface area contributed by atoms with E-state index in [1.54, 1.807) is 4.52 Å². The van der Waals surface area contributed by atoms with E-state index in [0.29, 0.717) is 11.5 Å². The van der Waals surface area contributed by atoms with Crippen molar-refractivity contribution in [3.63, 3.8) is 0 Å². The van der Waals surface area contributed by atoms with E-state index in [-0.39, 0.29) is 17.9 Å². The van der Waals surface area contributed by atoms with Gasteiger partial charge in [0, 0.05) is 25.7 Å². The molecule has 4 heterocycles. The monoisotopic (exact) mass is 329 g/mol. The summed E-state index contributed by atoms with van der Waals surface area (Å²) in [6.07, 6.45) is 2.54. The Morgan fingerprint density at radius 3 is 2.88 bits per heavy atom. The molecule has 2 aromatic rings. The average molecular weight is 329 g/mol. The van der Waals surface area contributed by atoms with Crippen LogP contribution in [0.5, 0.6) is 0 Å². The van der Waals surface area contributed by atoms with Gasteiger partial charge in [-0.15, -0.1) is 0 Å². The highest BCUT2D eigenvalue weighted by molar-refractivity contribution is 6.00. The third-order valence-electron chi connectivity index (χ3n) is 4.63. The second kappa shape index (κ2) is 5.15. The van der Waals surface area contributed by atoms with Gasteiger partial charge in [0.25, 0.3) is 5.78 Å². The van der Waals surface area contributed by atoms with Crippen LogP contribution < -0.4 is 15.5 Å². The van der Waals surface area contributed by atoms with Crippen LogP contribution in [0.4, 0.5) is 10.6 Å². The minimum atomic E-state index is -0.529. The number of imide groups is 1. The molecule has 0 bridgehead atoms. The number of amides is 3. The van der Waals surface area contributed by atoms with Crippen molar-refractivity contribution in [3.8, 4) is 0 Å². The molecule has 9 heteroatoms. The Bertz CT molecular complexity index is 828. The van der Waals surface area contributed by atoms with Gasteiger partial charge in [0.2, 0.25) is 5.91 Å². The fraction of sp³-hybridized carbons (Fsp3) is 0.533. The Morgan fingerprint density at radius 1 is 1.33 bits per heavy atom. The van der Waals surface area contributed by atoms with Crippen LogP contribution >= 0.6 is 0 Å². The highest BCUT2D eigenvalue weighted by Gasteiger charge is 2.33. The first-order chi connectivity index (χ1) is 11.4. The zero-order valence-electron chi connectivity index (χ0n) is 13.6. The molecule has 1 unspecified atom stereocenters. The standard InChI is InChI=1S/C15H19N7O2/c1-15(2)3-4-21(7-15)11-5-10(19-13-17-8-18-22(11)13)9-6-16-14(24)20-12(9)23/h5,8-9H,3-4,6-7H2,1-2H3,(H2,16,20,23,24). The summed E-state index contributed by atoms with van der Waals surface area (Å²) in [6, 6.07) is 1.41. The lowest BCUT2D eigenvalue weighted by atomic mass is 9.93. The summed E-state index contributed by atoms with van der Waals surface area (Å²) in [5, 5.41) is 9.18. The highest BCUT2D eigenvalue weighted by Crippen LogP contribution is 2.33. The zero-order valence-corrected chi connectivity index (χ0v) is 13.6. The van der Waals surface area contributed by atoms with Gasteiger partial charge in [-0.2, -0.15) is 14.6 Å². The van der Waals surface area contributed by atoms with Crippen LogP contribution in [-0.4, -0.2) is 51.2 Å². The first-order valence-electron chi connectivity index (χ1n) is 7.97. The Hall–Kier alpha value is -2.71. The van der Waals surface area contributed by atoms with E-state index in [1.807, 2.05) is 6.07 Å². The molecule has 0 spiro atoms. The van der Waals surface area contributed by atoms with Crippen molar-refractivity contribution in [3.05, 3.63) is 18.1 Å². The molecule has 2 aromatic heterocycles. The number of nitrogens with zero attached hydrogens (tertiary/aromatic N) is 5. The minimum Gasteiger partial charge on any atom is -0.356 e. The molecular formula is C15H19N7O2. The van der Waals surface area contributed by atoms with Crippen LogP contribution in [0, 0.1) is 5.41 Å². The van der Waals surface area contributed by atoms with Crippen LogP contribution in [0.1, 0.15) is 31.9 Å². The van der Waals surface area contributed by atoms with Crippen LogP contribution in [-0.2, 0) is 4.79 Å². The molecule has 0 aliphatic carbocycles. The van der Waals surface area contributed by atoms with Gasteiger partial charge in [0.15, 0.2) is 0 Å². The van der Waals surface area contributed by atoms with Gasteiger partial charge in [-0.1, -0.05) is 13.8 Å². The van der Waals surface area contributed by atoms with E-state index < -0.39 is 11.9 Å². The maximum Gasteiger partial charge on any atom is 0.321 e. The molecule has 24 heavy (non-hydrogen) atoms. The largest absolute Gasteiger partial charge is 0.356 e. The lowest BCUT2D eigenvalue weighted by molar-refractivity contribution is -0.122. The second-order valence-electron chi connectivity index (χ2n) is 7.10. The number of urea groups is 1. The Balaban J connectivity index is 1.75. The molecule has 2 saturated heterocycles. The molecule has 126 valence electrons. The van der Waals surface area contributed by atoms with E-state index in [0.717, 1.165) is 25.3 Å². The summed E-state index contributed by atoms with van der Waals surface area (Å²) < 4.78 is 1.70. The van der Waals surface area contributed by atoms with Crippen LogP contribution in [0.15, 0.2) is 12.4 Å². The molecule has 1 atom stereocenters. The topological polar surface area (TPSA) is 105 Å². The second-order valence-corrected chi connectivity index (χ2v) is 7.10. The predicted octanol–water partition coefficient (Wildman–Crippen LogP) is 0.284. The van der Waals surface area contributed by atoms with Crippen LogP contribution in [0.3, 0.4) is 0 Å². The number of carbonyl (C=O) groups is 2. The van der Waals surface area contributed by atoms with E-state index >= 15 is 0 Å². The number of nitrogens with one attached hydrogen (secondary N) is 2. The van der Waals surface area contributed by atoms with Gasteiger partial charge in [-0.3, -0.25) is 10.1 Å². The smallest absolute Gasteiger partial charge is 0.321 e. The molecule has 0 saturated carbocycles. The lowest BCUT2D eigenvalue weighted by Gasteiger charge is -2.25. The number of carbonyl (C=O) groups excluding carboxylic acids is 2. The van der Waals surface area contributed by atoms with Crippen LogP contribution in [0.2, 0.25) is 0 Å². The van der Waals surface area contributed by atoms with Gasteiger partial charge < -0.3 is 10.2 Å². The first-order valence-corrected chi connectivity index (χ1v) is 7.97. The number of hydrogen-bond donors (Lipinski definition) is 2. The lowest BCUT2D eigenvalue weighted by Crippen LogP contribution is -2.51. The van der Waals surface area contributed by atoms with Crippen molar-refractivity contribution in [1.82, 2.24) is 30.2 Å². The van der Waals surface area contributed by atoms with E-state index in [2.05, 4.69) is 44.4 Å². The summed E-state index contributed by atoms with van der Waals surface area (Å²) in [6.45, 7) is 6.51. The first kappa shape index (κ1) is 14.9. The van der Waals surface area contributed by atoms with Crippen molar-refractivity contribution in [2.45, 2.75) is 26.2 Å². The summed E-state index contributed by atoms with van der Waals surface area (Å²) >= 11 is 0. The van der Waals surface area contributed by atoms with E-state index in [1.165, 1.54) is 6.33 Å². The summed E-state index contributed by atoms with van der Waals surface area (Å²) in [5.74, 6) is 0.460. The zero-order chi connectivity index (χ0) is 16.9. The quantitative estimate of drug-likeness (QED) is 0.820. The number of anilines is 1. The van der Waals surface area contributed by atoms with Gasteiger partial charge in [-0.25, -0.2) is 9.78 Å². The summed E-state index contributed by atoms with van der Waals surface area (Å²) in [4.78, 5) is 34.3. The van der Waals surface area contributed by atoms with Crippen molar-refractivity contribution in [2.75, 3.05) is 24.5 Å². The molecule has 2 aliphatic heterocycles. The molecule has 3 amide bonds. The third kappa shape index (κ3) is 2.45. The van der Waals surface area contributed by atoms with E-state index in [4.69, 9.17) is 0 Å². The molecule has 0 aromatic carbocycles. The van der Waals surface area contributed by atoms with Crippen molar-refractivity contribution in [2.24, 2.45) is 5.41 Å². The fourth-order valence-electron chi connectivity index (χ4n) is 3.30. The van der Waals surface area contributed by atoms with Crippen molar-refractivity contribution < 1.29 is 9.59 Å². The van der Waals surface area contributed by atoms with E-state index in [9.17, 15) is 9.59 Å². The Morgan fingerprint density at radius 2 is 2.17 bits per heavy atom. The maximum atomic E-state index is 12.1. The van der Waals surface area contributed by atoms with Crippen molar-refractivity contribution >= 4 is 23.5 Å². The molecule has 0 radical (unpaired) electrons. The SMILES string of the molecule is CC1(C)CCN(c2cc(C3CNC(=O)NC3=O)nc3ncnn23)C1. The summed E-state index contributed by atoms with van der Waals surface area (Å²) in [5.41, 5.74) is 0.819. The summed E-state index contributed by atoms with van der Waals surface area (Å²) in [7, 11) is 0. The third-order valence-corrected chi connectivity index (χ3v) is 4.63. The normalized spacial score (nSPS) is 23.4. The molecule has 9 nitrogen and oxygen atoms in total.